The molecule has 13 rings (SSSR count). The molecule has 10 aromatic carbocycles. The Morgan fingerprint density at radius 2 is 0.828 bits per heavy atom. The van der Waals surface area contributed by atoms with E-state index in [4.69, 9.17) is 0 Å². The van der Waals surface area contributed by atoms with Crippen LogP contribution in [0, 0.1) is 0 Å². The second-order valence-corrected chi connectivity index (χ2v) is 18.0. The molecule has 0 heterocycles. The van der Waals surface area contributed by atoms with E-state index in [0.717, 1.165) is 22.7 Å². The molecule has 1 atom stereocenters. The van der Waals surface area contributed by atoms with E-state index >= 15 is 0 Å². The number of hydrogen-bond donors (Lipinski definition) is 0. The standard InChI is InChI=1S/C62H44N2/c1-61(2)52-33-17-14-30-48(52)50-32-20-36-57(59(50)61)64(44-26-10-5-11-27-44)60-46-28-13-12-21-41(46)39-56-58(60)51-31-16-19-35-54(51)62(56)53-34-18-15-29-47(53)49-38-37-45(40-55(49)62)63(42-22-6-3-7-23-42)43-24-8-4-9-25-43/h3-40H,1-2H3. The topological polar surface area (TPSA) is 6.48 Å². The minimum atomic E-state index is -0.595. The molecule has 2 nitrogen and oxygen atoms in total. The van der Waals surface area contributed by atoms with E-state index in [1.807, 2.05) is 0 Å². The first-order valence-electron chi connectivity index (χ1n) is 22.4. The molecule has 0 saturated carbocycles. The van der Waals surface area contributed by atoms with Gasteiger partial charge in [0, 0.05) is 39.1 Å². The number of benzene rings is 10. The zero-order valence-corrected chi connectivity index (χ0v) is 35.8. The van der Waals surface area contributed by atoms with Crippen LogP contribution in [0.15, 0.2) is 231 Å². The van der Waals surface area contributed by atoms with Crippen LogP contribution in [-0.4, -0.2) is 0 Å². The lowest BCUT2D eigenvalue weighted by atomic mass is 9.70. The second kappa shape index (κ2) is 13.8. The maximum Gasteiger partial charge on any atom is 0.0727 e. The minimum absolute atomic E-state index is 0.231. The quantitative estimate of drug-likeness (QED) is 0.165. The van der Waals surface area contributed by atoms with Gasteiger partial charge in [0.05, 0.1) is 16.8 Å². The van der Waals surface area contributed by atoms with Gasteiger partial charge in [0.1, 0.15) is 0 Å². The highest BCUT2D eigenvalue weighted by atomic mass is 15.2. The monoisotopic (exact) mass is 816 g/mol. The van der Waals surface area contributed by atoms with Crippen LogP contribution in [0.3, 0.4) is 0 Å². The lowest BCUT2D eigenvalue weighted by molar-refractivity contribution is 0.661. The van der Waals surface area contributed by atoms with Gasteiger partial charge in [0.2, 0.25) is 0 Å². The summed E-state index contributed by atoms with van der Waals surface area (Å²) in [7, 11) is 0. The van der Waals surface area contributed by atoms with Crippen molar-refractivity contribution in [2.75, 3.05) is 9.80 Å². The Hall–Kier alpha value is -7.94. The molecule has 3 aliphatic carbocycles. The fraction of sp³-hybridized carbons (Fsp3) is 0.0645. The maximum atomic E-state index is 2.61. The first kappa shape index (κ1) is 36.7. The van der Waals surface area contributed by atoms with Crippen LogP contribution in [0.2, 0.25) is 0 Å². The van der Waals surface area contributed by atoms with Gasteiger partial charge in [0.25, 0.3) is 0 Å². The Bertz CT molecular complexity index is 3440. The van der Waals surface area contributed by atoms with Gasteiger partial charge >= 0.3 is 0 Å². The molecule has 0 N–H and O–H groups in total. The SMILES string of the molecule is CC1(C)c2ccccc2-c2cccc(N(c3ccccc3)c3c4c(cc5ccccc35)C3(c5ccccc5-c5ccc(N(c6ccccc6)c6ccccc6)cc53)c3ccccc3-4)c21. The average Bonchev–Trinajstić information content (AvgIpc) is 3.91. The Labute approximate surface area is 375 Å². The van der Waals surface area contributed by atoms with Crippen LogP contribution in [0.25, 0.3) is 44.2 Å². The van der Waals surface area contributed by atoms with Crippen LogP contribution in [0.5, 0.6) is 0 Å². The van der Waals surface area contributed by atoms with E-state index in [1.54, 1.807) is 0 Å². The fourth-order valence-corrected chi connectivity index (χ4v) is 11.9. The first-order valence-corrected chi connectivity index (χ1v) is 22.4. The summed E-state index contributed by atoms with van der Waals surface area (Å²) in [6.07, 6.45) is 0. The number of rotatable bonds is 6. The Morgan fingerprint density at radius 3 is 1.50 bits per heavy atom. The van der Waals surface area contributed by atoms with E-state index < -0.39 is 5.41 Å². The molecule has 2 heteroatoms. The lowest BCUT2D eigenvalue weighted by Crippen LogP contribution is -2.26. The Balaban J connectivity index is 1.15. The summed E-state index contributed by atoms with van der Waals surface area (Å²) < 4.78 is 0. The number of hydrogen-bond acceptors (Lipinski definition) is 2. The summed E-state index contributed by atoms with van der Waals surface area (Å²) in [5.74, 6) is 0. The van der Waals surface area contributed by atoms with E-state index in [9.17, 15) is 0 Å². The fourth-order valence-electron chi connectivity index (χ4n) is 11.9. The van der Waals surface area contributed by atoms with Crippen molar-refractivity contribution in [2.24, 2.45) is 0 Å². The third-order valence-corrected chi connectivity index (χ3v) is 14.4. The molecular weight excluding hydrogens is 773 g/mol. The molecule has 3 aliphatic rings. The molecule has 64 heavy (non-hydrogen) atoms. The van der Waals surface area contributed by atoms with Crippen LogP contribution in [0.4, 0.5) is 34.1 Å². The van der Waals surface area contributed by atoms with Crippen molar-refractivity contribution in [3.8, 4) is 33.4 Å². The van der Waals surface area contributed by atoms with Crippen LogP contribution >= 0.6 is 0 Å². The number of para-hydroxylation sites is 3. The molecule has 0 aromatic heterocycles. The minimum Gasteiger partial charge on any atom is -0.310 e. The summed E-state index contributed by atoms with van der Waals surface area (Å²) in [6.45, 7) is 4.81. The molecule has 1 unspecified atom stereocenters. The van der Waals surface area contributed by atoms with Gasteiger partial charge in [-0.1, -0.05) is 184 Å². The number of anilines is 6. The normalized spacial score (nSPS) is 15.5. The van der Waals surface area contributed by atoms with Gasteiger partial charge in [-0.15, -0.1) is 0 Å². The van der Waals surface area contributed by atoms with Gasteiger partial charge in [-0.25, -0.2) is 0 Å². The Kier molecular flexibility index (Phi) is 7.90. The van der Waals surface area contributed by atoms with Gasteiger partial charge in [0.15, 0.2) is 0 Å². The van der Waals surface area contributed by atoms with E-state index in [1.165, 1.54) is 88.9 Å². The first-order chi connectivity index (χ1) is 31.5. The molecular formula is C62H44N2. The molecule has 0 bridgehead atoms. The van der Waals surface area contributed by atoms with E-state index in [-0.39, 0.29) is 5.41 Å². The molecule has 0 saturated heterocycles. The summed E-state index contributed by atoms with van der Waals surface area (Å²) in [5, 5.41) is 2.44. The molecule has 0 fully saturated rings. The summed E-state index contributed by atoms with van der Waals surface area (Å²) >= 11 is 0. The highest BCUT2D eigenvalue weighted by Gasteiger charge is 2.53. The highest BCUT2D eigenvalue weighted by Crippen LogP contribution is 2.67. The third-order valence-electron chi connectivity index (χ3n) is 14.4. The van der Waals surface area contributed by atoms with Crippen LogP contribution < -0.4 is 9.80 Å². The van der Waals surface area contributed by atoms with Crippen molar-refractivity contribution in [3.63, 3.8) is 0 Å². The average molecular weight is 817 g/mol. The van der Waals surface area contributed by atoms with Crippen molar-refractivity contribution < 1.29 is 0 Å². The molecule has 0 aliphatic heterocycles. The van der Waals surface area contributed by atoms with Crippen LogP contribution in [0.1, 0.15) is 47.2 Å². The predicted molar refractivity (Wildman–Crippen MR) is 267 cm³/mol. The van der Waals surface area contributed by atoms with Gasteiger partial charge in [-0.3, -0.25) is 0 Å². The molecule has 302 valence electrons. The van der Waals surface area contributed by atoms with Crippen molar-refractivity contribution in [3.05, 3.63) is 264 Å². The van der Waals surface area contributed by atoms with Crippen molar-refractivity contribution >= 4 is 44.9 Å². The van der Waals surface area contributed by atoms with Crippen LogP contribution in [-0.2, 0) is 10.8 Å². The van der Waals surface area contributed by atoms with Gasteiger partial charge < -0.3 is 9.80 Å². The third kappa shape index (κ3) is 4.97. The van der Waals surface area contributed by atoms with Crippen molar-refractivity contribution in [1.82, 2.24) is 0 Å². The zero-order valence-electron chi connectivity index (χ0n) is 35.8. The van der Waals surface area contributed by atoms with Crippen molar-refractivity contribution in [2.45, 2.75) is 24.7 Å². The maximum absolute atomic E-state index is 2.61. The number of fused-ring (bicyclic) bond motifs is 14. The molecule has 0 radical (unpaired) electrons. The van der Waals surface area contributed by atoms with E-state index in [2.05, 4.69) is 254 Å². The Morgan fingerprint density at radius 1 is 0.328 bits per heavy atom. The molecule has 10 aromatic rings. The highest BCUT2D eigenvalue weighted by molar-refractivity contribution is 6.12. The van der Waals surface area contributed by atoms with Crippen molar-refractivity contribution in [1.29, 1.82) is 0 Å². The predicted octanol–water partition coefficient (Wildman–Crippen LogP) is 16.4. The second-order valence-electron chi connectivity index (χ2n) is 18.0. The summed E-state index contributed by atoms with van der Waals surface area (Å²) in [6, 6.07) is 85.8. The molecule has 1 spiro atoms. The summed E-state index contributed by atoms with van der Waals surface area (Å²) in [5.41, 5.74) is 21.8. The smallest absolute Gasteiger partial charge is 0.0727 e. The van der Waals surface area contributed by atoms with E-state index in [0.29, 0.717) is 0 Å². The van der Waals surface area contributed by atoms with Gasteiger partial charge in [-0.05, 0) is 127 Å². The lowest BCUT2D eigenvalue weighted by Gasteiger charge is -2.35. The number of nitrogens with zero attached hydrogens (tertiary/aromatic N) is 2. The zero-order chi connectivity index (χ0) is 42.6. The van der Waals surface area contributed by atoms with Gasteiger partial charge in [-0.2, -0.15) is 0 Å². The molecule has 0 amide bonds. The summed E-state index contributed by atoms with van der Waals surface area (Å²) in [4.78, 5) is 5.01. The largest absolute Gasteiger partial charge is 0.310 e.